The Kier molecular flexibility index (Phi) is 4.95. The maximum atomic E-state index is 12.6. The summed E-state index contributed by atoms with van der Waals surface area (Å²) >= 11 is 6.13. The lowest BCUT2D eigenvalue weighted by atomic mass is 9.97. The van der Waals surface area contributed by atoms with Crippen LogP contribution in [0.1, 0.15) is 44.0 Å². The average molecular weight is 309 g/mol. The highest BCUT2D eigenvalue weighted by Gasteiger charge is 2.30. The Balaban J connectivity index is 2.01. The standard InChI is InChI=1S/C17H25ClN2O/c1-17(2,3)20-11-9-13(10-12-20)19(4)16(21)14-7-5-6-8-15(14)18/h5-8,13H,9-12H2,1-4H3. The van der Waals surface area contributed by atoms with Crippen LogP contribution >= 0.6 is 11.6 Å². The number of likely N-dealkylation sites (tertiary alicyclic amines) is 1. The summed E-state index contributed by atoms with van der Waals surface area (Å²) in [6, 6.07) is 7.57. The summed E-state index contributed by atoms with van der Waals surface area (Å²) in [5.74, 6) is 0.0230. The van der Waals surface area contributed by atoms with E-state index >= 15 is 0 Å². The van der Waals surface area contributed by atoms with Gasteiger partial charge < -0.3 is 4.90 Å². The molecule has 21 heavy (non-hydrogen) atoms. The van der Waals surface area contributed by atoms with E-state index in [1.54, 1.807) is 12.1 Å². The van der Waals surface area contributed by atoms with Crippen LogP contribution < -0.4 is 0 Å². The largest absolute Gasteiger partial charge is 0.339 e. The molecule has 1 saturated heterocycles. The molecule has 2 rings (SSSR count). The molecule has 1 amide bonds. The van der Waals surface area contributed by atoms with E-state index in [9.17, 15) is 4.79 Å². The van der Waals surface area contributed by atoms with Crippen molar-refractivity contribution in [2.45, 2.75) is 45.2 Å². The van der Waals surface area contributed by atoms with Gasteiger partial charge in [0.2, 0.25) is 0 Å². The fourth-order valence-corrected chi connectivity index (χ4v) is 3.13. The van der Waals surface area contributed by atoms with Crippen LogP contribution in [0.4, 0.5) is 0 Å². The van der Waals surface area contributed by atoms with Crippen LogP contribution in [-0.2, 0) is 0 Å². The predicted octanol–water partition coefficient (Wildman–Crippen LogP) is 3.67. The van der Waals surface area contributed by atoms with E-state index in [2.05, 4.69) is 25.7 Å². The van der Waals surface area contributed by atoms with Gasteiger partial charge in [-0.1, -0.05) is 23.7 Å². The molecule has 1 fully saturated rings. The van der Waals surface area contributed by atoms with E-state index in [4.69, 9.17) is 11.6 Å². The highest BCUT2D eigenvalue weighted by Crippen LogP contribution is 2.24. The zero-order chi connectivity index (χ0) is 15.6. The Morgan fingerprint density at radius 3 is 2.33 bits per heavy atom. The molecule has 0 aromatic heterocycles. The first-order chi connectivity index (χ1) is 9.80. The van der Waals surface area contributed by atoms with E-state index in [0.717, 1.165) is 25.9 Å². The van der Waals surface area contributed by atoms with Crippen molar-refractivity contribution in [3.05, 3.63) is 34.9 Å². The van der Waals surface area contributed by atoms with E-state index in [1.165, 1.54) is 0 Å². The number of piperidine rings is 1. The highest BCUT2D eigenvalue weighted by atomic mass is 35.5. The topological polar surface area (TPSA) is 23.6 Å². The van der Waals surface area contributed by atoms with Crippen molar-refractivity contribution in [3.8, 4) is 0 Å². The quantitative estimate of drug-likeness (QED) is 0.832. The summed E-state index contributed by atoms with van der Waals surface area (Å²) in [6.07, 6.45) is 2.04. The minimum atomic E-state index is 0.0230. The molecule has 0 radical (unpaired) electrons. The van der Waals surface area contributed by atoms with Gasteiger partial charge in [-0.05, 0) is 45.7 Å². The molecular weight excluding hydrogens is 284 g/mol. The van der Waals surface area contributed by atoms with Crippen molar-refractivity contribution < 1.29 is 4.79 Å². The third-order valence-corrected chi connectivity index (χ3v) is 4.72. The number of hydrogen-bond acceptors (Lipinski definition) is 2. The molecule has 0 aliphatic carbocycles. The van der Waals surface area contributed by atoms with Crippen LogP contribution in [0.15, 0.2) is 24.3 Å². The van der Waals surface area contributed by atoms with E-state index in [1.807, 2.05) is 24.1 Å². The van der Waals surface area contributed by atoms with Crippen LogP contribution in [0.3, 0.4) is 0 Å². The lowest BCUT2D eigenvalue weighted by molar-refractivity contribution is 0.0500. The third-order valence-electron chi connectivity index (χ3n) is 4.39. The monoisotopic (exact) mass is 308 g/mol. The molecule has 1 aromatic carbocycles. The van der Waals surface area contributed by atoms with Crippen molar-refractivity contribution in [1.29, 1.82) is 0 Å². The van der Waals surface area contributed by atoms with Crippen LogP contribution in [0.25, 0.3) is 0 Å². The van der Waals surface area contributed by atoms with Gasteiger partial charge in [-0.15, -0.1) is 0 Å². The van der Waals surface area contributed by atoms with E-state index in [-0.39, 0.29) is 11.4 Å². The number of nitrogens with zero attached hydrogens (tertiary/aromatic N) is 2. The number of carbonyl (C=O) groups is 1. The van der Waals surface area contributed by atoms with Crippen LogP contribution in [0.5, 0.6) is 0 Å². The average Bonchev–Trinajstić information content (AvgIpc) is 2.45. The lowest BCUT2D eigenvalue weighted by Crippen LogP contribution is -2.51. The fourth-order valence-electron chi connectivity index (χ4n) is 2.91. The first-order valence-electron chi connectivity index (χ1n) is 7.57. The highest BCUT2D eigenvalue weighted by molar-refractivity contribution is 6.33. The SMILES string of the molecule is CN(C(=O)c1ccccc1Cl)C1CCN(C(C)(C)C)CC1. The second-order valence-corrected chi connectivity index (χ2v) is 7.19. The van der Waals surface area contributed by atoms with Crippen LogP contribution in [0.2, 0.25) is 5.02 Å². The number of hydrogen-bond donors (Lipinski definition) is 0. The molecule has 0 atom stereocenters. The van der Waals surface area contributed by atoms with Crippen molar-refractivity contribution >= 4 is 17.5 Å². The Morgan fingerprint density at radius 1 is 1.24 bits per heavy atom. The number of halogens is 1. The van der Waals surface area contributed by atoms with Gasteiger partial charge >= 0.3 is 0 Å². The lowest BCUT2D eigenvalue weighted by Gasteiger charge is -2.43. The van der Waals surface area contributed by atoms with Crippen LogP contribution in [-0.4, -0.2) is 47.4 Å². The summed E-state index contributed by atoms with van der Waals surface area (Å²) in [7, 11) is 1.89. The Hall–Kier alpha value is -1.06. The Morgan fingerprint density at radius 2 is 1.81 bits per heavy atom. The molecule has 0 saturated carbocycles. The molecule has 1 aliphatic heterocycles. The Labute approximate surface area is 132 Å². The van der Waals surface area contributed by atoms with Gasteiger partial charge in [0, 0.05) is 31.7 Å². The molecule has 0 bridgehead atoms. The summed E-state index contributed by atoms with van der Waals surface area (Å²) < 4.78 is 0. The van der Waals surface area contributed by atoms with Crippen molar-refractivity contribution in [3.63, 3.8) is 0 Å². The van der Waals surface area contributed by atoms with Crippen molar-refractivity contribution in [2.24, 2.45) is 0 Å². The maximum Gasteiger partial charge on any atom is 0.255 e. The van der Waals surface area contributed by atoms with Gasteiger partial charge in [0.1, 0.15) is 0 Å². The normalized spacial score (nSPS) is 17.8. The van der Waals surface area contributed by atoms with E-state index < -0.39 is 0 Å². The van der Waals surface area contributed by atoms with Crippen molar-refractivity contribution in [1.82, 2.24) is 9.80 Å². The molecule has 0 N–H and O–H groups in total. The number of benzene rings is 1. The first-order valence-corrected chi connectivity index (χ1v) is 7.95. The van der Waals surface area contributed by atoms with Gasteiger partial charge in [-0.25, -0.2) is 0 Å². The molecule has 116 valence electrons. The second-order valence-electron chi connectivity index (χ2n) is 6.78. The molecule has 1 aromatic rings. The number of carbonyl (C=O) groups excluding carboxylic acids is 1. The third kappa shape index (κ3) is 3.78. The molecule has 0 spiro atoms. The number of amides is 1. The predicted molar refractivity (Wildman–Crippen MR) is 87.9 cm³/mol. The van der Waals surface area contributed by atoms with Gasteiger partial charge in [-0.3, -0.25) is 9.69 Å². The summed E-state index contributed by atoms with van der Waals surface area (Å²) in [6.45, 7) is 8.80. The first kappa shape index (κ1) is 16.3. The molecular formula is C17H25ClN2O. The molecule has 4 heteroatoms. The smallest absolute Gasteiger partial charge is 0.255 e. The maximum absolute atomic E-state index is 12.6. The van der Waals surface area contributed by atoms with Gasteiger partial charge in [0.05, 0.1) is 10.6 Å². The fraction of sp³-hybridized carbons (Fsp3) is 0.588. The number of rotatable bonds is 2. The summed E-state index contributed by atoms with van der Waals surface area (Å²) in [5.41, 5.74) is 0.802. The second kappa shape index (κ2) is 6.37. The Bertz CT molecular complexity index is 502. The van der Waals surface area contributed by atoms with E-state index in [0.29, 0.717) is 16.6 Å². The molecule has 3 nitrogen and oxygen atoms in total. The minimum Gasteiger partial charge on any atom is -0.339 e. The zero-order valence-electron chi connectivity index (χ0n) is 13.4. The minimum absolute atomic E-state index is 0.0230. The molecule has 1 aliphatic rings. The molecule has 1 heterocycles. The summed E-state index contributed by atoms with van der Waals surface area (Å²) in [5, 5.41) is 0.529. The van der Waals surface area contributed by atoms with Gasteiger partial charge in [-0.2, -0.15) is 0 Å². The van der Waals surface area contributed by atoms with Crippen LogP contribution in [0, 0.1) is 0 Å². The summed E-state index contributed by atoms with van der Waals surface area (Å²) in [4.78, 5) is 16.9. The zero-order valence-corrected chi connectivity index (χ0v) is 14.2. The van der Waals surface area contributed by atoms with Crippen molar-refractivity contribution in [2.75, 3.05) is 20.1 Å². The van der Waals surface area contributed by atoms with Gasteiger partial charge in [0.25, 0.3) is 5.91 Å². The van der Waals surface area contributed by atoms with Gasteiger partial charge in [0.15, 0.2) is 0 Å². The molecule has 0 unspecified atom stereocenters.